The maximum absolute atomic E-state index is 12.3. The van der Waals surface area contributed by atoms with Gasteiger partial charge in [0.15, 0.2) is 0 Å². The number of esters is 1. The van der Waals surface area contributed by atoms with E-state index >= 15 is 0 Å². The number of pyridine rings is 1. The van der Waals surface area contributed by atoms with E-state index in [-0.39, 0.29) is 17.9 Å². The lowest BCUT2D eigenvalue weighted by molar-refractivity contribution is 0.0460. The second-order valence-corrected chi connectivity index (χ2v) is 6.71. The number of aromatic nitrogens is 4. The first kappa shape index (κ1) is 17.9. The average Bonchev–Trinajstić information content (AvgIpc) is 3.17. The van der Waals surface area contributed by atoms with Gasteiger partial charge in [-0.25, -0.2) is 9.78 Å². The molecular formula is C20H15ClN4O3. The van der Waals surface area contributed by atoms with Crippen molar-refractivity contribution < 1.29 is 9.53 Å². The van der Waals surface area contributed by atoms with E-state index < -0.39 is 5.97 Å². The van der Waals surface area contributed by atoms with Gasteiger partial charge in [0.2, 0.25) is 0 Å². The van der Waals surface area contributed by atoms with Crippen LogP contribution in [0.15, 0.2) is 59.5 Å². The number of fused-ring (bicyclic) bond motifs is 1. The molecule has 0 saturated carbocycles. The molecule has 4 rings (SSSR count). The van der Waals surface area contributed by atoms with Crippen LogP contribution in [0.2, 0.25) is 5.02 Å². The van der Waals surface area contributed by atoms with Crippen LogP contribution in [0.4, 0.5) is 0 Å². The van der Waals surface area contributed by atoms with E-state index in [0.717, 1.165) is 11.1 Å². The van der Waals surface area contributed by atoms with Crippen molar-refractivity contribution >= 4 is 23.2 Å². The highest BCUT2D eigenvalue weighted by molar-refractivity contribution is 6.30. The van der Waals surface area contributed by atoms with Gasteiger partial charge in [0.05, 0.1) is 16.4 Å². The third-order valence-electron chi connectivity index (χ3n) is 4.17. The number of nitrogens with zero attached hydrogens (tertiary/aromatic N) is 3. The molecule has 0 aliphatic rings. The summed E-state index contributed by atoms with van der Waals surface area (Å²) in [6.45, 7) is 1.87. The number of nitrogens with one attached hydrogen (secondary N) is 1. The summed E-state index contributed by atoms with van der Waals surface area (Å²) in [5.74, 6) is -0.580. The molecule has 1 N–H and O–H groups in total. The Balaban J connectivity index is 1.49. The second-order valence-electron chi connectivity index (χ2n) is 6.27. The molecule has 0 spiro atoms. The first-order valence-corrected chi connectivity index (χ1v) is 8.85. The third-order valence-corrected chi connectivity index (χ3v) is 4.40. The maximum atomic E-state index is 12.3. The zero-order valence-corrected chi connectivity index (χ0v) is 15.6. The van der Waals surface area contributed by atoms with E-state index in [9.17, 15) is 9.59 Å². The fraction of sp³-hybridized carbons (Fsp3) is 0.100. The minimum Gasteiger partial charge on any atom is -0.454 e. The Morgan fingerprint density at radius 2 is 1.96 bits per heavy atom. The number of hydrogen-bond acceptors (Lipinski definition) is 5. The summed E-state index contributed by atoms with van der Waals surface area (Å²) in [6.07, 6.45) is 1.49. The van der Waals surface area contributed by atoms with Gasteiger partial charge in [-0.15, -0.1) is 0 Å². The minimum atomic E-state index is -0.580. The van der Waals surface area contributed by atoms with E-state index in [1.165, 1.54) is 16.7 Å². The van der Waals surface area contributed by atoms with Crippen LogP contribution in [0.3, 0.4) is 0 Å². The van der Waals surface area contributed by atoms with Crippen LogP contribution in [0, 0.1) is 6.92 Å². The van der Waals surface area contributed by atoms with E-state index in [1.54, 1.807) is 18.2 Å². The van der Waals surface area contributed by atoms with E-state index in [0.29, 0.717) is 22.1 Å². The Labute approximate surface area is 164 Å². The zero-order valence-electron chi connectivity index (χ0n) is 14.8. The van der Waals surface area contributed by atoms with Crippen LogP contribution in [0.1, 0.15) is 21.7 Å². The number of carbonyl (C=O) groups is 1. The van der Waals surface area contributed by atoms with E-state index in [1.807, 2.05) is 31.2 Å². The van der Waals surface area contributed by atoms with Gasteiger partial charge in [0, 0.05) is 17.8 Å². The van der Waals surface area contributed by atoms with E-state index in [4.69, 9.17) is 16.3 Å². The highest BCUT2D eigenvalue weighted by atomic mass is 35.5. The van der Waals surface area contributed by atoms with Crippen LogP contribution in [-0.4, -0.2) is 25.6 Å². The SMILES string of the molecule is Cc1ccc(-c2cc(C(=O)OCc3cc(=O)n4cc(Cl)ccc4n3)[nH]n2)cc1. The number of halogens is 1. The number of aryl methyl sites for hydroxylation is 1. The summed E-state index contributed by atoms with van der Waals surface area (Å²) in [6, 6.07) is 14.0. The number of H-pyrrole nitrogens is 1. The molecule has 140 valence electrons. The molecule has 0 atom stereocenters. The highest BCUT2D eigenvalue weighted by Crippen LogP contribution is 2.18. The molecule has 28 heavy (non-hydrogen) atoms. The number of ether oxygens (including phenoxy) is 1. The summed E-state index contributed by atoms with van der Waals surface area (Å²) >= 11 is 5.89. The van der Waals surface area contributed by atoms with Crippen molar-refractivity contribution in [2.24, 2.45) is 0 Å². The molecule has 0 saturated heterocycles. The zero-order chi connectivity index (χ0) is 19.7. The maximum Gasteiger partial charge on any atom is 0.356 e. The van der Waals surface area contributed by atoms with Gasteiger partial charge in [-0.1, -0.05) is 41.4 Å². The van der Waals surface area contributed by atoms with Crippen molar-refractivity contribution in [3.05, 3.63) is 87.1 Å². The Kier molecular flexibility index (Phi) is 4.67. The van der Waals surface area contributed by atoms with Gasteiger partial charge >= 0.3 is 5.97 Å². The Hall–Kier alpha value is -3.45. The van der Waals surface area contributed by atoms with Crippen molar-refractivity contribution in [1.29, 1.82) is 0 Å². The van der Waals surface area contributed by atoms with Crippen molar-refractivity contribution in [2.75, 3.05) is 0 Å². The molecular weight excluding hydrogens is 380 g/mol. The summed E-state index contributed by atoms with van der Waals surface area (Å²) in [5.41, 5.74) is 3.36. The molecule has 7 nitrogen and oxygen atoms in total. The molecule has 4 aromatic rings. The largest absolute Gasteiger partial charge is 0.454 e. The lowest BCUT2D eigenvalue weighted by Gasteiger charge is -2.05. The lowest BCUT2D eigenvalue weighted by atomic mass is 10.1. The first-order chi connectivity index (χ1) is 13.5. The molecule has 0 radical (unpaired) electrons. The number of hydrogen-bond donors (Lipinski definition) is 1. The normalized spacial score (nSPS) is 10.9. The van der Waals surface area contributed by atoms with Crippen LogP contribution in [-0.2, 0) is 11.3 Å². The van der Waals surface area contributed by atoms with Gasteiger partial charge in [0.1, 0.15) is 17.9 Å². The standard InChI is InChI=1S/C20H15ClN4O3/c1-12-2-4-13(5-3-12)16-9-17(24-23-16)20(27)28-11-15-8-19(26)25-10-14(21)6-7-18(25)22-15/h2-10H,11H2,1H3,(H,23,24). The molecule has 3 heterocycles. The van der Waals surface area contributed by atoms with Crippen LogP contribution >= 0.6 is 11.6 Å². The summed E-state index contributed by atoms with van der Waals surface area (Å²) in [4.78, 5) is 28.8. The summed E-state index contributed by atoms with van der Waals surface area (Å²) in [5, 5.41) is 7.25. The van der Waals surface area contributed by atoms with Crippen molar-refractivity contribution in [3.63, 3.8) is 0 Å². The number of aromatic amines is 1. The number of carbonyl (C=O) groups excluding carboxylic acids is 1. The minimum absolute atomic E-state index is 0.133. The monoisotopic (exact) mass is 394 g/mol. The van der Waals surface area contributed by atoms with Crippen molar-refractivity contribution in [2.45, 2.75) is 13.5 Å². The van der Waals surface area contributed by atoms with Gasteiger partial charge in [-0.05, 0) is 25.1 Å². The number of benzene rings is 1. The van der Waals surface area contributed by atoms with Crippen LogP contribution in [0.25, 0.3) is 16.9 Å². The molecule has 0 unspecified atom stereocenters. The quantitative estimate of drug-likeness (QED) is 0.536. The van der Waals surface area contributed by atoms with Gasteiger partial charge in [-0.2, -0.15) is 5.10 Å². The predicted molar refractivity (Wildman–Crippen MR) is 104 cm³/mol. The summed E-state index contributed by atoms with van der Waals surface area (Å²) in [7, 11) is 0. The molecule has 3 aromatic heterocycles. The second kappa shape index (κ2) is 7.28. The fourth-order valence-corrected chi connectivity index (χ4v) is 2.88. The van der Waals surface area contributed by atoms with Crippen LogP contribution < -0.4 is 5.56 Å². The number of rotatable bonds is 4. The third kappa shape index (κ3) is 3.65. The molecule has 0 amide bonds. The smallest absolute Gasteiger partial charge is 0.356 e. The average molecular weight is 395 g/mol. The fourth-order valence-electron chi connectivity index (χ4n) is 2.72. The molecule has 0 bridgehead atoms. The molecule has 0 aliphatic carbocycles. The molecule has 8 heteroatoms. The Morgan fingerprint density at radius 1 is 1.18 bits per heavy atom. The van der Waals surface area contributed by atoms with E-state index in [2.05, 4.69) is 15.2 Å². The van der Waals surface area contributed by atoms with Crippen molar-refractivity contribution in [3.8, 4) is 11.3 Å². The van der Waals surface area contributed by atoms with Gasteiger partial charge in [-0.3, -0.25) is 14.3 Å². The van der Waals surface area contributed by atoms with Gasteiger partial charge in [0.25, 0.3) is 5.56 Å². The molecule has 1 aromatic carbocycles. The topological polar surface area (TPSA) is 89.4 Å². The Morgan fingerprint density at radius 3 is 2.75 bits per heavy atom. The van der Waals surface area contributed by atoms with Crippen LogP contribution in [0.5, 0.6) is 0 Å². The first-order valence-electron chi connectivity index (χ1n) is 8.47. The molecule has 0 fully saturated rings. The highest BCUT2D eigenvalue weighted by Gasteiger charge is 2.13. The van der Waals surface area contributed by atoms with Gasteiger partial charge < -0.3 is 4.74 Å². The predicted octanol–water partition coefficient (Wildman–Crippen LogP) is 3.40. The summed E-state index contributed by atoms with van der Waals surface area (Å²) < 4.78 is 6.59. The Bertz CT molecular complexity index is 1230. The molecule has 0 aliphatic heterocycles. The van der Waals surface area contributed by atoms with Crippen molar-refractivity contribution in [1.82, 2.24) is 19.6 Å². The lowest BCUT2D eigenvalue weighted by Crippen LogP contribution is -2.16.